The SMILES string of the molecule is O=C([O-])CCC1CO1. The van der Waals surface area contributed by atoms with Crippen LogP contribution in [0.1, 0.15) is 12.8 Å². The second-order valence-corrected chi connectivity index (χ2v) is 1.87. The summed E-state index contributed by atoms with van der Waals surface area (Å²) in [6, 6.07) is 0. The first-order chi connectivity index (χ1) is 3.79. The van der Waals surface area contributed by atoms with E-state index >= 15 is 0 Å². The third-order valence-electron chi connectivity index (χ3n) is 1.07. The van der Waals surface area contributed by atoms with Crippen molar-refractivity contribution in [1.29, 1.82) is 0 Å². The molecule has 0 amide bonds. The van der Waals surface area contributed by atoms with Crippen molar-refractivity contribution in [2.75, 3.05) is 6.61 Å². The Morgan fingerprint density at radius 2 is 2.50 bits per heavy atom. The number of carbonyl (C=O) groups excluding carboxylic acids is 1. The fourth-order valence-corrected chi connectivity index (χ4v) is 0.514. The lowest BCUT2D eigenvalue weighted by atomic mass is 10.2. The molecule has 0 aromatic heterocycles. The monoisotopic (exact) mass is 115 g/mol. The molecule has 0 N–H and O–H groups in total. The van der Waals surface area contributed by atoms with Crippen molar-refractivity contribution in [3.63, 3.8) is 0 Å². The first kappa shape index (κ1) is 5.56. The topological polar surface area (TPSA) is 52.7 Å². The van der Waals surface area contributed by atoms with E-state index in [2.05, 4.69) is 0 Å². The van der Waals surface area contributed by atoms with Gasteiger partial charge in [-0.1, -0.05) is 0 Å². The molecule has 46 valence electrons. The molecule has 1 atom stereocenters. The van der Waals surface area contributed by atoms with Gasteiger partial charge in [-0.3, -0.25) is 0 Å². The summed E-state index contributed by atoms with van der Waals surface area (Å²) in [4.78, 5) is 9.76. The van der Waals surface area contributed by atoms with Crippen LogP contribution in [0.4, 0.5) is 0 Å². The molecular formula is C5H7O3-. The summed E-state index contributed by atoms with van der Waals surface area (Å²) >= 11 is 0. The number of ether oxygens (including phenoxy) is 1. The first-order valence-corrected chi connectivity index (χ1v) is 2.60. The van der Waals surface area contributed by atoms with E-state index < -0.39 is 5.97 Å². The highest BCUT2D eigenvalue weighted by molar-refractivity contribution is 5.64. The predicted octanol–water partition coefficient (Wildman–Crippen LogP) is -1.08. The van der Waals surface area contributed by atoms with Crippen molar-refractivity contribution in [3.05, 3.63) is 0 Å². The largest absolute Gasteiger partial charge is 0.550 e. The van der Waals surface area contributed by atoms with Crippen LogP contribution >= 0.6 is 0 Å². The van der Waals surface area contributed by atoms with Crippen molar-refractivity contribution < 1.29 is 14.6 Å². The van der Waals surface area contributed by atoms with Crippen LogP contribution in [0.5, 0.6) is 0 Å². The molecular weight excluding hydrogens is 108 g/mol. The summed E-state index contributed by atoms with van der Waals surface area (Å²) in [6.45, 7) is 0.729. The molecule has 0 spiro atoms. The first-order valence-electron chi connectivity index (χ1n) is 2.60. The van der Waals surface area contributed by atoms with Crippen LogP contribution in [-0.2, 0) is 9.53 Å². The maximum absolute atomic E-state index is 9.76. The van der Waals surface area contributed by atoms with Gasteiger partial charge in [0.2, 0.25) is 0 Å². The number of aliphatic carboxylic acids is 1. The molecule has 0 aliphatic carbocycles. The van der Waals surface area contributed by atoms with Gasteiger partial charge >= 0.3 is 0 Å². The summed E-state index contributed by atoms with van der Waals surface area (Å²) in [5.74, 6) is -0.986. The van der Waals surface area contributed by atoms with Gasteiger partial charge in [-0.05, 0) is 12.8 Å². The number of rotatable bonds is 3. The molecule has 1 unspecified atom stereocenters. The highest BCUT2D eigenvalue weighted by Gasteiger charge is 2.21. The predicted molar refractivity (Wildman–Crippen MR) is 24.0 cm³/mol. The molecule has 3 nitrogen and oxygen atoms in total. The Balaban J connectivity index is 1.95. The maximum atomic E-state index is 9.76. The van der Waals surface area contributed by atoms with Crippen LogP contribution in [0, 0.1) is 0 Å². The summed E-state index contributed by atoms with van der Waals surface area (Å²) in [5.41, 5.74) is 0. The summed E-state index contributed by atoms with van der Waals surface area (Å²) < 4.78 is 4.77. The average molecular weight is 115 g/mol. The second-order valence-electron chi connectivity index (χ2n) is 1.87. The maximum Gasteiger partial charge on any atom is 0.0813 e. The molecule has 1 heterocycles. The van der Waals surface area contributed by atoms with Gasteiger partial charge in [-0.15, -0.1) is 0 Å². The second kappa shape index (κ2) is 2.13. The molecule has 0 aromatic rings. The van der Waals surface area contributed by atoms with E-state index in [1.807, 2.05) is 0 Å². The lowest BCUT2D eigenvalue weighted by molar-refractivity contribution is -0.305. The van der Waals surface area contributed by atoms with E-state index in [1.165, 1.54) is 0 Å². The summed E-state index contributed by atoms with van der Waals surface area (Å²) in [5, 5.41) is 9.76. The Labute approximate surface area is 47.3 Å². The van der Waals surface area contributed by atoms with Crippen LogP contribution in [0.3, 0.4) is 0 Å². The van der Waals surface area contributed by atoms with Gasteiger partial charge in [0.25, 0.3) is 0 Å². The van der Waals surface area contributed by atoms with Crippen molar-refractivity contribution >= 4 is 5.97 Å². The minimum absolute atomic E-state index is 0.130. The van der Waals surface area contributed by atoms with E-state index in [-0.39, 0.29) is 12.5 Å². The number of epoxide rings is 1. The average Bonchev–Trinajstić information content (AvgIpc) is 2.41. The van der Waals surface area contributed by atoms with Gasteiger partial charge in [0.05, 0.1) is 12.7 Å². The van der Waals surface area contributed by atoms with Gasteiger partial charge < -0.3 is 14.6 Å². The smallest absolute Gasteiger partial charge is 0.0813 e. The molecule has 0 saturated carbocycles. The van der Waals surface area contributed by atoms with E-state index in [0.29, 0.717) is 6.42 Å². The normalized spacial score (nSPS) is 25.2. The lowest BCUT2D eigenvalue weighted by Gasteiger charge is -1.95. The van der Waals surface area contributed by atoms with Gasteiger partial charge in [-0.2, -0.15) is 0 Å². The fourth-order valence-electron chi connectivity index (χ4n) is 0.514. The Bertz CT molecular complexity index is 95.8. The van der Waals surface area contributed by atoms with Crippen molar-refractivity contribution in [2.24, 2.45) is 0 Å². The molecule has 0 bridgehead atoms. The highest BCUT2D eigenvalue weighted by atomic mass is 16.6. The Morgan fingerprint density at radius 3 is 2.88 bits per heavy atom. The standard InChI is InChI=1S/C5H8O3/c6-5(7)2-1-4-3-8-4/h4H,1-3H2,(H,6,7)/p-1. The fraction of sp³-hybridized carbons (Fsp3) is 0.800. The van der Waals surface area contributed by atoms with Crippen LogP contribution in [0.25, 0.3) is 0 Å². The van der Waals surface area contributed by atoms with Crippen LogP contribution in [-0.4, -0.2) is 18.7 Å². The van der Waals surface area contributed by atoms with Crippen molar-refractivity contribution in [1.82, 2.24) is 0 Å². The molecule has 8 heavy (non-hydrogen) atoms. The van der Waals surface area contributed by atoms with Crippen molar-refractivity contribution in [3.8, 4) is 0 Å². The zero-order valence-corrected chi connectivity index (χ0v) is 4.42. The van der Waals surface area contributed by atoms with E-state index in [9.17, 15) is 9.90 Å². The third-order valence-corrected chi connectivity index (χ3v) is 1.07. The molecule has 1 rings (SSSR count). The number of carboxylic acid groups (broad SMARTS) is 1. The van der Waals surface area contributed by atoms with Crippen molar-refractivity contribution in [2.45, 2.75) is 18.9 Å². The highest BCUT2D eigenvalue weighted by Crippen LogP contribution is 2.14. The third kappa shape index (κ3) is 1.93. The summed E-state index contributed by atoms with van der Waals surface area (Å²) in [7, 11) is 0. The minimum Gasteiger partial charge on any atom is -0.550 e. The van der Waals surface area contributed by atoms with E-state index in [4.69, 9.17) is 4.74 Å². The Hall–Kier alpha value is -0.570. The number of hydrogen-bond donors (Lipinski definition) is 0. The molecule has 1 aliphatic rings. The van der Waals surface area contributed by atoms with Gasteiger partial charge in [0.1, 0.15) is 0 Å². The molecule has 3 heteroatoms. The quantitative estimate of drug-likeness (QED) is 0.439. The van der Waals surface area contributed by atoms with Crippen LogP contribution in [0.15, 0.2) is 0 Å². The number of hydrogen-bond acceptors (Lipinski definition) is 3. The molecule has 1 fully saturated rings. The van der Waals surface area contributed by atoms with Gasteiger partial charge in [0.15, 0.2) is 0 Å². The van der Waals surface area contributed by atoms with E-state index in [1.54, 1.807) is 0 Å². The molecule has 1 aliphatic heterocycles. The van der Waals surface area contributed by atoms with Gasteiger partial charge in [0, 0.05) is 5.97 Å². The lowest BCUT2D eigenvalue weighted by Crippen LogP contribution is -2.22. The van der Waals surface area contributed by atoms with Crippen LogP contribution < -0.4 is 5.11 Å². The molecule has 0 radical (unpaired) electrons. The zero-order valence-electron chi connectivity index (χ0n) is 4.42. The van der Waals surface area contributed by atoms with E-state index in [0.717, 1.165) is 6.61 Å². The number of carbonyl (C=O) groups is 1. The zero-order chi connectivity index (χ0) is 5.98. The molecule has 1 saturated heterocycles. The van der Waals surface area contributed by atoms with Crippen LogP contribution in [0.2, 0.25) is 0 Å². The Morgan fingerprint density at radius 1 is 1.88 bits per heavy atom. The van der Waals surface area contributed by atoms with Gasteiger partial charge in [-0.25, -0.2) is 0 Å². The Kier molecular flexibility index (Phi) is 1.48. The minimum atomic E-state index is -0.986. The molecule has 0 aromatic carbocycles. The summed E-state index contributed by atoms with van der Waals surface area (Å²) in [6.07, 6.45) is 0.959. The number of carboxylic acids is 1.